The lowest BCUT2D eigenvalue weighted by molar-refractivity contribution is -0.139. The van der Waals surface area contributed by atoms with E-state index in [0.717, 1.165) is 11.1 Å². The number of hydrogen-bond donors (Lipinski definition) is 2. The van der Waals surface area contributed by atoms with Gasteiger partial charge in [-0.2, -0.15) is 9.41 Å². The number of benzene rings is 3. The largest absolute Gasteiger partial charge is 0.459 e. The zero-order chi connectivity index (χ0) is 29.2. The maximum atomic E-state index is 13.5. The summed E-state index contributed by atoms with van der Waals surface area (Å²) in [4.78, 5) is 24.1. The van der Waals surface area contributed by atoms with E-state index in [1.165, 1.54) is 34.8 Å². The maximum Gasteiger partial charge on any atom is 0.329 e. The highest BCUT2D eigenvalue weighted by Gasteiger charge is 2.26. The monoisotopic (exact) mass is 612 g/mol. The SMILES string of the molecule is O=C(NCCc1ccccc1)C(=O)N/N=C/c1ccc(CN(Cc2ccc(Cl)cc2)S(=O)(=O)c2ccc(Cl)cc2)o1. The van der Waals surface area contributed by atoms with Gasteiger partial charge in [0.2, 0.25) is 10.0 Å². The van der Waals surface area contributed by atoms with Crippen LogP contribution in [0.15, 0.2) is 105 Å². The number of hydrogen-bond acceptors (Lipinski definition) is 6. The molecule has 1 heterocycles. The molecule has 212 valence electrons. The number of furan rings is 1. The maximum absolute atomic E-state index is 13.5. The molecule has 0 unspecified atom stereocenters. The number of carbonyl (C=O) groups is 2. The third-order valence-corrected chi connectivity index (χ3v) is 8.15. The number of halogens is 2. The van der Waals surface area contributed by atoms with Gasteiger partial charge in [0, 0.05) is 23.1 Å². The minimum absolute atomic E-state index is 0.0572. The van der Waals surface area contributed by atoms with Gasteiger partial charge in [-0.3, -0.25) is 9.59 Å². The van der Waals surface area contributed by atoms with Gasteiger partial charge >= 0.3 is 11.8 Å². The lowest BCUT2D eigenvalue weighted by Gasteiger charge is -2.21. The van der Waals surface area contributed by atoms with Crippen LogP contribution in [0.2, 0.25) is 10.0 Å². The van der Waals surface area contributed by atoms with E-state index in [-0.39, 0.29) is 23.7 Å². The van der Waals surface area contributed by atoms with Gasteiger partial charge < -0.3 is 9.73 Å². The average molecular weight is 614 g/mol. The fourth-order valence-corrected chi connectivity index (χ4v) is 5.39. The van der Waals surface area contributed by atoms with E-state index in [1.54, 1.807) is 36.4 Å². The zero-order valence-corrected chi connectivity index (χ0v) is 24.0. The van der Waals surface area contributed by atoms with Crippen LogP contribution < -0.4 is 10.7 Å². The first kappa shape index (κ1) is 30.0. The standard InChI is InChI=1S/C29H26Cl2N4O5S/c30-23-8-6-22(7-9-23)19-35(41(38,39)27-14-10-24(31)11-15-27)20-26-13-12-25(40-26)18-33-34-29(37)28(36)32-17-16-21-4-2-1-3-5-21/h1-15,18H,16-17,19-20H2,(H,32,36)(H,34,37)/b33-18+. The summed E-state index contributed by atoms with van der Waals surface area (Å²) in [6, 6.07) is 25.5. The van der Waals surface area contributed by atoms with Gasteiger partial charge in [0.25, 0.3) is 0 Å². The van der Waals surface area contributed by atoms with E-state index in [0.29, 0.717) is 28.8 Å². The van der Waals surface area contributed by atoms with Gasteiger partial charge in [-0.1, -0.05) is 65.7 Å². The smallest absolute Gasteiger partial charge is 0.329 e. The van der Waals surface area contributed by atoms with Crippen molar-refractivity contribution in [2.75, 3.05) is 6.54 Å². The van der Waals surface area contributed by atoms with E-state index in [2.05, 4.69) is 15.8 Å². The number of nitrogens with one attached hydrogen (secondary N) is 2. The molecule has 0 spiro atoms. The predicted molar refractivity (Wildman–Crippen MR) is 157 cm³/mol. The summed E-state index contributed by atoms with van der Waals surface area (Å²) in [5, 5.41) is 7.25. The quantitative estimate of drug-likeness (QED) is 0.143. The van der Waals surface area contributed by atoms with Gasteiger partial charge in [-0.25, -0.2) is 13.8 Å². The van der Waals surface area contributed by atoms with Crippen molar-refractivity contribution in [3.8, 4) is 0 Å². The third kappa shape index (κ3) is 8.76. The van der Waals surface area contributed by atoms with Crippen LogP contribution in [-0.2, 0) is 39.1 Å². The molecule has 4 aromatic rings. The van der Waals surface area contributed by atoms with E-state index in [4.69, 9.17) is 27.6 Å². The molecule has 0 aliphatic heterocycles. The van der Waals surface area contributed by atoms with E-state index in [9.17, 15) is 18.0 Å². The first-order chi connectivity index (χ1) is 19.7. The van der Waals surface area contributed by atoms with Crippen molar-refractivity contribution < 1.29 is 22.4 Å². The Hall–Kier alpha value is -3.96. The van der Waals surface area contributed by atoms with Gasteiger partial charge in [-0.15, -0.1) is 0 Å². The summed E-state index contributed by atoms with van der Waals surface area (Å²) < 4.78 is 34.0. The van der Waals surface area contributed by atoms with Crippen LogP contribution in [0.4, 0.5) is 0 Å². The Morgan fingerprint density at radius 1 is 0.805 bits per heavy atom. The molecule has 41 heavy (non-hydrogen) atoms. The molecule has 0 bridgehead atoms. The third-order valence-electron chi connectivity index (χ3n) is 5.84. The lowest BCUT2D eigenvalue weighted by atomic mass is 10.1. The number of nitrogens with zero attached hydrogens (tertiary/aromatic N) is 2. The van der Waals surface area contributed by atoms with Gasteiger partial charge in [0.15, 0.2) is 0 Å². The molecule has 9 nitrogen and oxygen atoms in total. The minimum Gasteiger partial charge on any atom is -0.459 e. The highest BCUT2D eigenvalue weighted by atomic mass is 35.5. The Labute approximate surface area is 247 Å². The van der Waals surface area contributed by atoms with E-state index < -0.39 is 21.8 Å². The molecule has 0 aliphatic rings. The first-order valence-corrected chi connectivity index (χ1v) is 14.6. The molecular weight excluding hydrogens is 587 g/mol. The second-order valence-corrected chi connectivity index (χ2v) is 11.7. The van der Waals surface area contributed by atoms with E-state index >= 15 is 0 Å². The molecule has 4 rings (SSSR count). The van der Waals surface area contributed by atoms with Crippen molar-refractivity contribution in [1.29, 1.82) is 0 Å². The van der Waals surface area contributed by atoms with Crippen LogP contribution >= 0.6 is 23.2 Å². The first-order valence-electron chi connectivity index (χ1n) is 12.4. The van der Waals surface area contributed by atoms with Crippen molar-refractivity contribution in [2.45, 2.75) is 24.4 Å². The molecular formula is C29H26Cl2N4O5S. The fraction of sp³-hybridized carbons (Fsp3) is 0.138. The summed E-state index contributed by atoms with van der Waals surface area (Å²) in [6.45, 7) is 0.270. The lowest BCUT2D eigenvalue weighted by Crippen LogP contribution is -2.38. The Balaban J connectivity index is 1.38. The number of rotatable bonds is 11. The fourth-order valence-electron chi connectivity index (χ4n) is 3.75. The highest BCUT2D eigenvalue weighted by Crippen LogP contribution is 2.24. The molecule has 0 atom stereocenters. The second kappa shape index (κ2) is 14.1. The molecule has 0 saturated heterocycles. The van der Waals surface area contributed by atoms with Crippen LogP contribution in [0.1, 0.15) is 22.6 Å². The van der Waals surface area contributed by atoms with Crippen molar-refractivity contribution in [2.24, 2.45) is 5.10 Å². The summed E-state index contributed by atoms with van der Waals surface area (Å²) in [5.74, 6) is -1.16. The number of sulfonamides is 1. The Bertz CT molecular complexity index is 1610. The van der Waals surface area contributed by atoms with Crippen molar-refractivity contribution in [3.63, 3.8) is 0 Å². The molecule has 2 amide bonds. The van der Waals surface area contributed by atoms with Gasteiger partial charge in [0.05, 0.1) is 17.7 Å². The Morgan fingerprint density at radius 2 is 1.46 bits per heavy atom. The molecule has 0 saturated carbocycles. The van der Waals surface area contributed by atoms with Crippen LogP contribution in [0, 0.1) is 0 Å². The average Bonchev–Trinajstić information content (AvgIpc) is 3.41. The normalized spacial score (nSPS) is 11.6. The Morgan fingerprint density at radius 3 is 2.15 bits per heavy atom. The minimum atomic E-state index is -3.93. The molecule has 2 N–H and O–H groups in total. The predicted octanol–water partition coefficient (Wildman–Crippen LogP) is 4.79. The van der Waals surface area contributed by atoms with Crippen molar-refractivity contribution >= 4 is 51.3 Å². The molecule has 12 heteroatoms. The summed E-state index contributed by atoms with van der Waals surface area (Å²) in [5.41, 5.74) is 3.91. The zero-order valence-electron chi connectivity index (χ0n) is 21.7. The summed E-state index contributed by atoms with van der Waals surface area (Å²) in [7, 11) is -3.93. The van der Waals surface area contributed by atoms with E-state index in [1.807, 2.05) is 30.3 Å². The summed E-state index contributed by atoms with van der Waals surface area (Å²) >= 11 is 11.9. The van der Waals surface area contributed by atoms with Crippen LogP contribution in [0.25, 0.3) is 0 Å². The highest BCUT2D eigenvalue weighted by molar-refractivity contribution is 7.89. The molecule has 0 radical (unpaired) electrons. The summed E-state index contributed by atoms with van der Waals surface area (Å²) in [6.07, 6.45) is 1.80. The number of hydrazone groups is 1. The molecule has 1 aromatic heterocycles. The number of amides is 2. The molecule has 3 aromatic carbocycles. The van der Waals surface area contributed by atoms with Crippen LogP contribution in [0.5, 0.6) is 0 Å². The number of carbonyl (C=O) groups excluding carboxylic acids is 2. The second-order valence-electron chi connectivity index (χ2n) is 8.85. The van der Waals surface area contributed by atoms with Crippen LogP contribution in [0.3, 0.4) is 0 Å². The Kier molecular flexibility index (Phi) is 10.3. The van der Waals surface area contributed by atoms with Crippen LogP contribution in [-0.4, -0.2) is 37.3 Å². The van der Waals surface area contributed by atoms with Gasteiger partial charge in [0.1, 0.15) is 11.5 Å². The molecule has 0 aliphatic carbocycles. The van der Waals surface area contributed by atoms with Crippen molar-refractivity contribution in [3.05, 3.63) is 124 Å². The topological polar surface area (TPSA) is 121 Å². The van der Waals surface area contributed by atoms with Gasteiger partial charge in [-0.05, 0) is 66.1 Å². The van der Waals surface area contributed by atoms with Crippen molar-refractivity contribution in [1.82, 2.24) is 15.0 Å². The molecule has 0 fully saturated rings.